The van der Waals surface area contributed by atoms with Crippen molar-refractivity contribution in [3.8, 4) is 5.75 Å². The van der Waals surface area contributed by atoms with Crippen LogP contribution in [0.15, 0.2) is 18.2 Å². The molecule has 1 aromatic carbocycles. The first-order chi connectivity index (χ1) is 7.60. The topological polar surface area (TPSA) is 29.5 Å². The number of hydrogen-bond acceptors (Lipinski definition) is 2. The second kappa shape index (κ2) is 4.63. The molecule has 0 spiro atoms. The van der Waals surface area contributed by atoms with Crippen molar-refractivity contribution in [2.75, 3.05) is 18.6 Å². The average molecular weight is 305 g/mol. The number of halogens is 2. The third kappa shape index (κ3) is 2.33. The minimum atomic E-state index is 0.103. The Labute approximate surface area is 107 Å². The van der Waals surface area contributed by atoms with Gasteiger partial charge in [0.15, 0.2) is 0 Å². The molecule has 2 rings (SSSR count). The zero-order chi connectivity index (χ0) is 11.7. The van der Waals surface area contributed by atoms with E-state index in [-0.39, 0.29) is 10.7 Å². The largest absolute Gasteiger partial charge is 0.497 e. The molecule has 0 saturated carbocycles. The quantitative estimate of drug-likeness (QED) is 0.786. The number of methoxy groups -OCH3 is 1. The van der Waals surface area contributed by atoms with Crippen molar-refractivity contribution in [3.05, 3.63) is 23.2 Å². The Balaban J connectivity index is 2.33. The predicted octanol–water partition coefficient (Wildman–Crippen LogP) is 2.85. The van der Waals surface area contributed by atoms with Gasteiger partial charge in [0.1, 0.15) is 5.75 Å². The first-order valence-electron chi connectivity index (χ1n) is 4.89. The summed E-state index contributed by atoms with van der Waals surface area (Å²) in [5.74, 6) is 0.763. The minimum Gasteiger partial charge on any atom is -0.497 e. The van der Waals surface area contributed by atoms with Crippen LogP contribution in [0.25, 0.3) is 0 Å². The summed E-state index contributed by atoms with van der Waals surface area (Å²) in [5, 5.41) is 0.570. The molecule has 1 aromatic rings. The Hall–Kier alpha value is -0.740. The van der Waals surface area contributed by atoms with Crippen molar-refractivity contribution in [2.45, 2.75) is 11.2 Å². The second-order valence-electron chi connectivity index (χ2n) is 3.66. The first kappa shape index (κ1) is 11.7. The van der Waals surface area contributed by atoms with Gasteiger partial charge in [-0.15, -0.1) is 0 Å². The number of carbonyl (C=O) groups is 1. The van der Waals surface area contributed by atoms with E-state index in [0.717, 1.165) is 5.69 Å². The molecule has 3 nitrogen and oxygen atoms in total. The lowest BCUT2D eigenvalue weighted by Gasteiger charge is -2.17. The zero-order valence-electron chi connectivity index (χ0n) is 8.74. The van der Waals surface area contributed by atoms with Crippen molar-refractivity contribution < 1.29 is 9.53 Å². The van der Waals surface area contributed by atoms with Gasteiger partial charge in [0.05, 0.1) is 7.11 Å². The lowest BCUT2D eigenvalue weighted by atomic mass is 10.3. The third-order valence-electron chi connectivity index (χ3n) is 2.48. The minimum absolute atomic E-state index is 0.103. The van der Waals surface area contributed by atoms with Crippen molar-refractivity contribution in [3.63, 3.8) is 0 Å². The van der Waals surface area contributed by atoms with Crippen LogP contribution >= 0.6 is 27.5 Å². The fraction of sp³-hybridized carbons (Fsp3) is 0.364. The molecule has 1 saturated heterocycles. The summed E-state index contributed by atoms with van der Waals surface area (Å²) in [7, 11) is 1.58. The van der Waals surface area contributed by atoms with Gasteiger partial charge in [0.2, 0.25) is 5.91 Å². The Morgan fingerprint density at radius 1 is 1.50 bits per heavy atom. The normalized spacial score (nSPS) is 20.3. The highest BCUT2D eigenvalue weighted by Crippen LogP contribution is 2.31. The van der Waals surface area contributed by atoms with Gasteiger partial charge in [-0.05, 0) is 12.1 Å². The number of anilines is 1. The molecule has 86 valence electrons. The van der Waals surface area contributed by atoms with Gasteiger partial charge in [-0.25, -0.2) is 0 Å². The molecule has 1 atom stereocenters. The predicted molar refractivity (Wildman–Crippen MR) is 67.7 cm³/mol. The van der Waals surface area contributed by atoms with Crippen molar-refractivity contribution in [2.24, 2.45) is 0 Å². The van der Waals surface area contributed by atoms with Crippen molar-refractivity contribution in [1.29, 1.82) is 0 Å². The summed E-state index contributed by atoms with van der Waals surface area (Å²) in [6, 6.07) is 5.30. The first-order valence-corrected chi connectivity index (χ1v) is 6.18. The summed E-state index contributed by atoms with van der Waals surface area (Å²) < 4.78 is 5.12. The number of carbonyl (C=O) groups excluding carboxylic acids is 1. The highest BCUT2D eigenvalue weighted by atomic mass is 79.9. The van der Waals surface area contributed by atoms with Gasteiger partial charge in [0, 0.05) is 34.6 Å². The maximum atomic E-state index is 11.7. The van der Waals surface area contributed by atoms with Crippen LogP contribution in [0.4, 0.5) is 5.69 Å². The average Bonchev–Trinajstić information content (AvgIpc) is 2.57. The van der Waals surface area contributed by atoms with E-state index < -0.39 is 0 Å². The van der Waals surface area contributed by atoms with E-state index in [2.05, 4.69) is 15.9 Å². The van der Waals surface area contributed by atoms with E-state index >= 15 is 0 Å². The number of ether oxygens (including phenoxy) is 1. The molecule has 0 radical (unpaired) electrons. The highest BCUT2D eigenvalue weighted by molar-refractivity contribution is 9.09. The molecule has 5 heteroatoms. The van der Waals surface area contributed by atoms with E-state index in [9.17, 15) is 4.79 Å². The number of nitrogens with zero attached hydrogens (tertiary/aromatic N) is 1. The molecular weight excluding hydrogens is 293 g/mol. The summed E-state index contributed by atoms with van der Waals surface area (Å²) in [6.45, 7) is 0.669. The third-order valence-corrected chi connectivity index (χ3v) is 3.31. The number of hydrogen-bond donors (Lipinski definition) is 0. The lowest BCUT2D eigenvalue weighted by molar-refractivity contribution is -0.117. The number of alkyl halides is 1. The van der Waals surface area contributed by atoms with E-state index in [1.54, 1.807) is 24.1 Å². The fourth-order valence-electron chi connectivity index (χ4n) is 1.74. The lowest BCUT2D eigenvalue weighted by Crippen LogP contribution is -2.24. The number of rotatable bonds is 2. The number of amides is 1. The fourth-order valence-corrected chi connectivity index (χ4v) is 2.52. The van der Waals surface area contributed by atoms with Gasteiger partial charge < -0.3 is 9.64 Å². The number of benzene rings is 1. The van der Waals surface area contributed by atoms with Crippen LogP contribution in [0.5, 0.6) is 5.75 Å². The van der Waals surface area contributed by atoms with Gasteiger partial charge in [-0.2, -0.15) is 0 Å². The molecule has 0 N–H and O–H groups in total. The molecule has 1 fully saturated rings. The van der Waals surface area contributed by atoms with Crippen LogP contribution in [0, 0.1) is 0 Å². The summed E-state index contributed by atoms with van der Waals surface area (Å²) in [5.41, 5.74) is 0.788. The Morgan fingerprint density at radius 3 is 2.81 bits per heavy atom. The molecule has 0 aromatic heterocycles. The maximum absolute atomic E-state index is 11.7. The van der Waals surface area contributed by atoms with Crippen LogP contribution < -0.4 is 9.64 Å². The van der Waals surface area contributed by atoms with Crippen LogP contribution in [0.2, 0.25) is 5.02 Å². The van der Waals surface area contributed by atoms with Gasteiger partial charge in [-0.1, -0.05) is 27.5 Å². The van der Waals surface area contributed by atoms with E-state index in [1.807, 2.05) is 6.07 Å². The SMILES string of the molecule is COc1cc(Cl)cc(N2CC(Br)CC2=O)c1. The Kier molecular flexibility index (Phi) is 3.40. The monoisotopic (exact) mass is 303 g/mol. The van der Waals surface area contributed by atoms with Crippen LogP contribution in [-0.2, 0) is 4.79 Å². The van der Waals surface area contributed by atoms with Crippen molar-refractivity contribution in [1.82, 2.24) is 0 Å². The molecule has 1 amide bonds. The van der Waals surface area contributed by atoms with E-state index in [4.69, 9.17) is 16.3 Å². The maximum Gasteiger partial charge on any atom is 0.228 e. The van der Waals surface area contributed by atoms with Gasteiger partial charge in [-0.3, -0.25) is 4.79 Å². The summed E-state index contributed by atoms with van der Waals surface area (Å²) in [6.07, 6.45) is 0.523. The molecular formula is C11H11BrClNO2. The van der Waals surface area contributed by atoms with E-state index in [0.29, 0.717) is 23.7 Å². The molecule has 16 heavy (non-hydrogen) atoms. The van der Waals surface area contributed by atoms with E-state index in [1.165, 1.54) is 0 Å². The molecule has 0 aliphatic carbocycles. The molecule has 1 aliphatic rings. The molecule has 1 unspecified atom stereocenters. The Bertz CT molecular complexity index is 424. The van der Waals surface area contributed by atoms with Gasteiger partial charge >= 0.3 is 0 Å². The molecule has 1 aliphatic heterocycles. The highest BCUT2D eigenvalue weighted by Gasteiger charge is 2.29. The smallest absolute Gasteiger partial charge is 0.228 e. The standard InChI is InChI=1S/C11H11BrClNO2/c1-16-10-4-8(13)3-9(5-10)14-6-7(12)2-11(14)15/h3-5,7H,2,6H2,1H3. The molecule has 1 heterocycles. The van der Waals surface area contributed by atoms with Crippen molar-refractivity contribution >= 4 is 39.1 Å². The van der Waals surface area contributed by atoms with Crippen LogP contribution in [0.3, 0.4) is 0 Å². The summed E-state index contributed by atoms with van der Waals surface area (Å²) >= 11 is 9.41. The van der Waals surface area contributed by atoms with Crippen LogP contribution in [-0.4, -0.2) is 24.4 Å². The summed E-state index contributed by atoms with van der Waals surface area (Å²) in [4.78, 5) is 13.6. The molecule has 0 bridgehead atoms. The Morgan fingerprint density at radius 2 is 2.25 bits per heavy atom. The zero-order valence-corrected chi connectivity index (χ0v) is 11.1. The van der Waals surface area contributed by atoms with Gasteiger partial charge in [0.25, 0.3) is 0 Å². The second-order valence-corrected chi connectivity index (χ2v) is 5.39. The van der Waals surface area contributed by atoms with Crippen LogP contribution in [0.1, 0.15) is 6.42 Å².